The second kappa shape index (κ2) is 9.68. The van der Waals surface area contributed by atoms with E-state index in [-0.39, 0.29) is 24.1 Å². The molecule has 0 aliphatic carbocycles. The molecule has 3 aromatic carbocycles. The fourth-order valence-corrected chi connectivity index (χ4v) is 5.78. The first-order valence-corrected chi connectivity index (χ1v) is 12.5. The number of hydrogen-bond acceptors (Lipinski definition) is 4. The summed E-state index contributed by atoms with van der Waals surface area (Å²) in [5.41, 5.74) is 3.32. The number of aromatic nitrogens is 1. The molecule has 1 aromatic heterocycles. The first-order valence-electron chi connectivity index (χ1n) is 11.2. The Kier molecular flexibility index (Phi) is 6.45. The van der Waals surface area contributed by atoms with Crippen molar-refractivity contribution in [2.24, 2.45) is 7.05 Å². The second-order valence-electron chi connectivity index (χ2n) is 8.26. The molecule has 5 rings (SSSR count). The van der Waals surface area contributed by atoms with Gasteiger partial charge >= 0.3 is 0 Å². The zero-order chi connectivity index (χ0) is 24.5. The molecule has 1 atom stereocenters. The topological polar surface area (TPSA) is 63.6 Å². The number of thioether (sulfide) groups is 1. The number of halogens is 1. The molecule has 0 radical (unpaired) electrons. The molecule has 0 unspecified atom stereocenters. The molecule has 2 amide bonds. The number of aryl methyl sites for hydroxylation is 1. The molecule has 6 nitrogen and oxygen atoms in total. The van der Waals surface area contributed by atoms with Crippen LogP contribution in [-0.4, -0.2) is 29.2 Å². The van der Waals surface area contributed by atoms with Crippen molar-refractivity contribution in [3.8, 4) is 5.75 Å². The van der Waals surface area contributed by atoms with Crippen LogP contribution in [0.15, 0.2) is 77.8 Å². The summed E-state index contributed by atoms with van der Waals surface area (Å²) in [5, 5.41) is 5.48. The number of methoxy groups -OCH3 is 1. The van der Waals surface area contributed by atoms with Crippen molar-refractivity contribution in [1.82, 2.24) is 9.88 Å². The van der Waals surface area contributed by atoms with E-state index in [0.29, 0.717) is 16.5 Å². The maximum absolute atomic E-state index is 13.9. The van der Waals surface area contributed by atoms with Gasteiger partial charge in [-0.3, -0.25) is 14.5 Å². The quantitative estimate of drug-likeness (QED) is 0.398. The van der Waals surface area contributed by atoms with Gasteiger partial charge in [0.05, 0.1) is 17.9 Å². The highest BCUT2D eigenvalue weighted by Crippen LogP contribution is 2.43. The average molecular weight is 506 g/mol. The van der Waals surface area contributed by atoms with E-state index < -0.39 is 6.04 Å². The van der Waals surface area contributed by atoms with Gasteiger partial charge in [-0.25, -0.2) is 0 Å². The molecule has 0 spiro atoms. The lowest BCUT2D eigenvalue weighted by Crippen LogP contribution is -2.43. The van der Waals surface area contributed by atoms with Crippen LogP contribution in [0.25, 0.3) is 10.9 Å². The van der Waals surface area contributed by atoms with Crippen LogP contribution in [0.4, 0.5) is 5.69 Å². The number of hydrogen-bond donors (Lipinski definition) is 1. The molecule has 1 N–H and O–H groups in total. The number of carbonyl (C=O) groups is 2. The fraction of sp³-hybridized carbons (Fsp3) is 0.185. The number of carbonyl (C=O) groups excluding carboxylic acids is 2. The number of rotatable bonds is 5. The predicted molar refractivity (Wildman–Crippen MR) is 140 cm³/mol. The van der Waals surface area contributed by atoms with Crippen LogP contribution in [0, 0.1) is 0 Å². The van der Waals surface area contributed by atoms with Gasteiger partial charge in [-0.15, -0.1) is 0 Å². The number of amides is 2. The lowest BCUT2D eigenvalue weighted by Gasteiger charge is -2.30. The Morgan fingerprint density at radius 3 is 2.57 bits per heavy atom. The van der Waals surface area contributed by atoms with E-state index in [0.717, 1.165) is 27.1 Å². The molecule has 0 saturated carbocycles. The maximum atomic E-state index is 13.9. The van der Waals surface area contributed by atoms with Gasteiger partial charge in [0.25, 0.3) is 0 Å². The van der Waals surface area contributed by atoms with Crippen LogP contribution in [0.3, 0.4) is 0 Å². The van der Waals surface area contributed by atoms with E-state index in [1.54, 1.807) is 36.3 Å². The Bertz CT molecular complexity index is 1420. The van der Waals surface area contributed by atoms with Gasteiger partial charge in [0.15, 0.2) is 0 Å². The Morgan fingerprint density at radius 1 is 1.09 bits per heavy atom. The van der Waals surface area contributed by atoms with Crippen LogP contribution in [0.2, 0.25) is 5.02 Å². The number of benzene rings is 3. The molecule has 0 saturated heterocycles. The van der Waals surface area contributed by atoms with Gasteiger partial charge in [-0.2, -0.15) is 0 Å². The van der Waals surface area contributed by atoms with Crippen LogP contribution in [-0.2, 0) is 23.2 Å². The first-order chi connectivity index (χ1) is 17.0. The predicted octanol–water partition coefficient (Wildman–Crippen LogP) is 5.34. The summed E-state index contributed by atoms with van der Waals surface area (Å²) in [6.07, 6.45) is 0. The fourth-order valence-electron chi connectivity index (χ4n) is 4.58. The Labute approximate surface area is 212 Å². The van der Waals surface area contributed by atoms with Crippen LogP contribution in [0.5, 0.6) is 5.75 Å². The summed E-state index contributed by atoms with van der Waals surface area (Å²) in [5.74, 6) is 0.505. The van der Waals surface area contributed by atoms with E-state index in [9.17, 15) is 9.59 Å². The normalized spacial score (nSPS) is 15.6. The Morgan fingerprint density at radius 2 is 1.80 bits per heavy atom. The highest BCUT2D eigenvalue weighted by Gasteiger charge is 2.39. The first kappa shape index (κ1) is 23.3. The smallest absolute Gasteiger partial charge is 0.248 e. The third kappa shape index (κ3) is 4.26. The number of ether oxygens (including phenoxy) is 1. The Hall–Kier alpha value is -3.42. The van der Waals surface area contributed by atoms with Crippen molar-refractivity contribution < 1.29 is 14.3 Å². The van der Waals surface area contributed by atoms with Gasteiger partial charge in [-0.05, 0) is 36.4 Å². The summed E-state index contributed by atoms with van der Waals surface area (Å²) < 4.78 is 7.51. The van der Waals surface area contributed by atoms with Crippen molar-refractivity contribution in [2.45, 2.75) is 17.6 Å². The monoisotopic (exact) mass is 505 g/mol. The summed E-state index contributed by atoms with van der Waals surface area (Å²) in [7, 11) is 3.58. The summed E-state index contributed by atoms with van der Waals surface area (Å²) in [4.78, 5) is 29.0. The molecular weight excluding hydrogens is 482 g/mol. The number of para-hydroxylation sites is 2. The van der Waals surface area contributed by atoms with Crippen molar-refractivity contribution in [3.63, 3.8) is 0 Å². The lowest BCUT2D eigenvalue weighted by atomic mass is 10.0. The van der Waals surface area contributed by atoms with E-state index in [2.05, 4.69) is 9.88 Å². The van der Waals surface area contributed by atoms with E-state index >= 15 is 0 Å². The number of anilines is 1. The van der Waals surface area contributed by atoms with Crippen molar-refractivity contribution in [2.75, 3.05) is 17.8 Å². The zero-order valence-corrected chi connectivity index (χ0v) is 20.9. The molecule has 8 heteroatoms. The summed E-state index contributed by atoms with van der Waals surface area (Å²) in [6, 6.07) is 21.7. The van der Waals surface area contributed by atoms with Gasteiger partial charge in [0.2, 0.25) is 11.8 Å². The second-order valence-corrected chi connectivity index (χ2v) is 9.66. The molecule has 2 heterocycles. The largest absolute Gasteiger partial charge is 0.496 e. The maximum Gasteiger partial charge on any atom is 0.248 e. The van der Waals surface area contributed by atoms with E-state index in [4.69, 9.17) is 16.3 Å². The Balaban J connectivity index is 1.63. The minimum absolute atomic E-state index is 0.143. The van der Waals surface area contributed by atoms with Crippen molar-refractivity contribution >= 4 is 51.8 Å². The van der Waals surface area contributed by atoms with Crippen LogP contribution < -0.4 is 15.0 Å². The molecule has 35 heavy (non-hydrogen) atoms. The average Bonchev–Trinajstić information content (AvgIpc) is 3.06. The lowest BCUT2D eigenvalue weighted by molar-refractivity contribution is -0.125. The van der Waals surface area contributed by atoms with Crippen LogP contribution >= 0.6 is 23.4 Å². The minimum Gasteiger partial charge on any atom is -0.496 e. The van der Waals surface area contributed by atoms with Gasteiger partial charge in [0.1, 0.15) is 11.8 Å². The molecular formula is C27H24ClN3O3S. The summed E-state index contributed by atoms with van der Waals surface area (Å²) in [6.45, 7) is 0.273. The molecule has 178 valence electrons. The third-order valence-electron chi connectivity index (χ3n) is 6.22. The molecule has 4 aromatic rings. The highest BCUT2D eigenvalue weighted by molar-refractivity contribution is 8.00. The van der Waals surface area contributed by atoms with E-state index in [1.165, 1.54) is 11.8 Å². The number of nitrogens with one attached hydrogen (secondary N) is 1. The molecule has 1 aliphatic rings. The van der Waals surface area contributed by atoms with Gasteiger partial charge in [0, 0.05) is 46.3 Å². The van der Waals surface area contributed by atoms with Crippen molar-refractivity contribution in [1.29, 1.82) is 0 Å². The zero-order valence-electron chi connectivity index (χ0n) is 19.3. The van der Waals surface area contributed by atoms with E-state index in [1.807, 2.05) is 55.6 Å². The van der Waals surface area contributed by atoms with Gasteiger partial charge in [-0.1, -0.05) is 59.8 Å². The van der Waals surface area contributed by atoms with Crippen LogP contribution in [0.1, 0.15) is 17.2 Å². The molecule has 0 fully saturated rings. The SMILES string of the molecule is COc1ccccc1CNC(=O)[C@H]1c2c(n(C)c3ccccc23)SCC(=O)N1c1ccc(Cl)cc1. The molecule has 1 aliphatic heterocycles. The molecule has 0 bridgehead atoms. The summed E-state index contributed by atoms with van der Waals surface area (Å²) >= 11 is 7.58. The third-order valence-corrected chi connectivity index (χ3v) is 7.63. The van der Waals surface area contributed by atoms with Crippen molar-refractivity contribution in [3.05, 3.63) is 88.9 Å². The number of nitrogens with zero attached hydrogens (tertiary/aromatic N) is 2. The number of fused-ring (bicyclic) bond motifs is 3. The van der Waals surface area contributed by atoms with Gasteiger partial charge < -0.3 is 14.6 Å². The highest BCUT2D eigenvalue weighted by atomic mass is 35.5. The minimum atomic E-state index is -0.852. The standard InChI is InChI=1S/C27H24ClN3O3S/c1-30-21-9-5-4-8-20(21)24-25(26(33)29-15-17-7-3-6-10-22(17)34-2)31(23(32)16-35-27(24)30)19-13-11-18(28)12-14-19/h3-14,25H,15-16H2,1-2H3,(H,29,33)/t25-/m1/s1.